The molecule has 0 bridgehead atoms. The molecule has 0 saturated carbocycles. The van der Waals surface area contributed by atoms with Gasteiger partial charge in [0.05, 0.1) is 12.2 Å². The number of hydrogen-bond donors (Lipinski definition) is 0. The van der Waals surface area contributed by atoms with Gasteiger partial charge in [-0.05, 0) is 19.3 Å². The molecule has 0 saturated heterocycles. The Morgan fingerprint density at radius 3 is 2.80 bits per heavy atom. The molecule has 0 aliphatic carbocycles. The van der Waals surface area contributed by atoms with Gasteiger partial charge in [-0.25, -0.2) is 0 Å². The van der Waals surface area contributed by atoms with Crippen molar-refractivity contribution in [2.75, 3.05) is 0 Å². The molecule has 0 N–H and O–H groups in total. The van der Waals surface area contributed by atoms with E-state index in [2.05, 4.69) is 26.0 Å². The predicted molar refractivity (Wildman–Crippen MR) is 43.0 cm³/mol. The Hall–Kier alpha value is -0.300. The van der Waals surface area contributed by atoms with Crippen molar-refractivity contribution in [2.24, 2.45) is 0 Å². The lowest BCUT2D eigenvalue weighted by Gasteiger charge is -2.23. The van der Waals surface area contributed by atoms with Crippen molar-refractivity contribution < 1.29 is 4.74 Å². The smallest absolute Gasteiger partial charge is 0.0757 e. The Kier molecular flexibility index (Phi) is 2.94. The summed E-state index contributed by atoms with van der Waals surface area (Å²) in [7, 11) is 0. The van der Waals surface area contributed by atoms with E-state index in [-0.39, 0.29) is 0 Å². The van der Waals surface area contributed by atoms with Crippen molar-refractivity contribution >= 4 is 0 Å². The summed E-state index contributed by atoms with van der Waals surface area (Å²) < 4.78 is 5.70. The van der Waals surface area contributed by atoms with Gasteiger partial charge in [0, 0.05) is 0 Å². The van der Waals surface area contributed by atoms with E-state index < -0.39 is 0 Å². The van der Waals surface area contributed by atoms with Gasteiger partial charge in [0.25, 0.3) is 0 Å². The molecule has 1 aliphatic heterocycles. The molecule has 1 aliphatic rings. The van der Waals surface area contributed by atoms with E-state index in [9.17, 15) is 0 Å². The van der Waals surface area contributed by atoms with E-state index >= 15 is 0 Å². The summed E-state index contributed by atoms with van der Waals surface area (Å²) >= 11 is 0. The minimum Gasteiger partial charge on any atom is -0.371 e. The van der Waals surface area contributed by atoms with E-state index in [4.69, 9.17) is 4.74 Å². The molecule has 1 rings (SSSR count). The van der Waals surface area contributed by atoms with Gasteiger partial charge >= 0.3 is 0 Å². The fourth-order valence-corrected chi connectivity index (χ4v) is 1.23. The van der Waals surface area contributed by atoms with E-state index in [1.807, 2.05) is 0 Å². The van der Waals surface area contributed by atoms with E-state index in [1.165, 1.54) is 0 Å². The summed E-state index contributed by atoms with van der Waals surface area (Å²) in [5.41, 5.74) is 0. The van der Waals surface area contributed by atoms with Gasteiger partial charge in [-0.2, -0.15) is 0 Å². The van der Waals surface area contributed by atoms with Crippen molar-refractivity contribution in [1.29, 1.82) is 0 Å². The SMILES string of the molecule is CC[C@@H]1CC=C[C@@H](CC)O1. The zero-order valence-corrected chi connectivity index (χ0v) is 6.84. The molecule has 2 atom stereocenters. The van der Waals surface area contributed by atoms with Crippen LogP contribution in [0.4, 0.5) is 0 Å². The zero-order valence-electron chi connectivity index (χ0n) is 6.84. The molecular weight excluding hydrogens is 124 g/mol. The third-order valence-corrected chi connectivity index (χ3v) is 1.97. The number of hydrogen-bond acceptors (Lipinski definition) is 1. The topological polar surface area (TPSA) is 9.23 Å². The van der Waals surface area contributed by atoms with Crippen LogP contribution in [0.5, 0.6) is 0 Å². The summed E-state index contributed by atoms with van der Waals surface area (Å²) in [6, 6.07) is 0. The van der Waals surface area contributed by atoms with Crippen LogP contribution in [0, 0.1) is 0 Å². The highest BCUT2D eigenvalue weighted by atomic mass is 16.5. The fourth-order valence-electron chi connectivity index (χ4n) is 1.23. The van der Waals surface area contributed by atoms with Gasteiger partial charge in [-0.3, -0.25) is 0 Å². The van der Waals surface area contributed by atoms with Crippen LogP contribution in [0.1, 0.15) is 33.1 Å². The van der Waals surface area contributed by atoms with Crippen LogP contribution < -0.4 is 0 Å². The Morgan fingerprint density at radius 1 is 1.40 bits per heavy atom. The van der Waals surface area contributed by atoms with Crippen LogP contribution in [0.25, 0.3) is 0 Å². The van der Waals surface area contributed by atoms with Gasteiger partial charge in [0.1, 0.15) is 0 Å². The summed E-state index contributed by atoms with van der Waals surface area (Å²) in [6.45, 7) is 4.34. The fraction of sp³-hybridized carbons (Fsp3) is 0.778. The molecule has 0 fully saturated rings. The van der Waals surface area contributed by atoms with Crippen LogP contribution in [-0.2, 0) is 4.74 Å². The molecule has 0 aromatic carbocycles. The first-order valence-corrected chi connectivity index (χ1v) is 4.19. The molecule has 0 aromatic heterocycles. The minimum atomic E-state index is 0.388. The lowest BCUT2D eigenvalue weighted by molar-refractivity contribution is 0.00300. The Morgan fingerprint density at radius 2 is 2.20 bits per heavy atom. The van der Waals surface area contributed by atoms with E-state index in [1.54, 1.807) is 0 Å². The molecule has 0 spiro atoms. The standard InChI is InChI=1S/C9H16O/c1-3-8-6-5-7-9(4-2)10-8/h5-6,8-9H,3-4,7H2,1-2H3/t8-,9-/m1/s1. The lowest BCUT2D eigenvalue weighted by atomic mass is 10.1. The minimum absolute atomic E-state index is 0.388. The maximum atomic E-state index is 5.70. The van der Waals surface area contributed by atoms with Crippen molar-refractivity contribution in [3.05, 3.63) is 12.2 Å². The molecular formula is C9H16O. The van der Waals surface area contributed by atoms with Crippen LogP contribution >= 0.6 is 0 Å². The Bertz CT molecular complexity index is 118. The second-order valence-corrected chi connectivity index (χ2v) is 2.78. The Labute approximate surface area is 63.1 Å². The Balaban J connectivity index is 2.38. The molecule has 10 heavy (non-hydrogen) atoms. The van der Waals surface area contributed by atoms with Crippen molar-refractivity contribution in [3.8, 4) is 0 Å². The molecule has 0 amide bonds. The van der Waals surface area contributed by atoms with Crippen LogP contribution in [0.15, 0.2) is 12.2 Å². The third-order valence-electron chi connectivity index (χ3n) is 1.97. The molecule has 0 radical (unpaired) electrons. The van der Waals surface area contributed by atoms with Crippen LogP contribution in [0.3, 0.4) is 0 Å². The second-order valence-electron chi connectivity index (χ2n) is 2.78. The quantitative estimate of drug-likeness (QED) is 0.535. The molecule has 0 unspecified atom stereocenters. The largest absolute Gasteiger partial charge is 0.371 e. The average molecular weight is 140 g/mol. The van der Waals surface area contributed by atoms with Gasteiger partial charge in [-0.15, -0.1) is 0 Å². The van der Waals surface area contributed by atoms with Gasteiger partial charge in [0.15, 0.2) is 0 Å². The summed E-state index contributed by atoms with van der Waals surface area (Å²) in [6.07, 6.45) is 8.63. The molecule has 0 aromatic rings. The predicted octanol–water partition coefficient (Wildman–Crippen LogP) is 2.52. The summed E-state index contributed by atoms with van der Waals surface area (Å²) in [5.74, 6) is 0. The first-order valence-electron chi connectivity index (χ1n) is 4.19. The molecule has 1 heterocycles. The van der Waals surface area contributed by atoms with Gasteiger partial charge in [-0.1, -0.05) is 26.0 Å². The summed E-state index contributed by atoms with van der Waals surface area (Å²) in [5, 5.41) is 0. The van der Waals surface area contributed by atoms with Crippen LogP contribution in [-0.4, -0.2) is 12.2 Å². The average Bonchev–Trinajstić information content (AvgIpc) is 2.05. The maximum absolute atomic E-state index is 5.70. The van der Waals surface area contributed by atoms with Gasteiger partial charge < -0.3 is 4.74 Å². The van der Waals surface area contributed by atoms with Crippen LogP contribution in [0.2, 0.25) is 0 Å². The van der Waals surface area contributed by atoms with Crippen molar-refractivity contribution in [2.45, 2.75) is 45.3 Å². The molecule has 58 valence electrons. The summed E-state index contributed by atoms with van der Waals surface area (Å²) in [4.78, 5) is 0. The lowest BCUT2D eigenvalue weighted by Crippen LogP contribution is -2.22. The van der Waals surface area contributed by atoms with Crippen molar-refractivity contribution in [3.63, 3.8) is 0 Å². The highest BCUT2D eigenvalue weighted by molar-refractivity contribution is 4.95. The highest BCUT2D eigenvalue weighted by Gasteiger charge is 2.13. The molecule has 1 nitrogen and oxygen atoms in total. The molecule has 1 heteroatoms. The zero-order chi connectivity index (χ0) is 7.40. The monoisotopic (exact) mass is 140 g/mol. The second kappa shape index (κ2) is 3.77. The first kappa shape index (κ1) is 7.80. The first-order chi connectivity index (χ1) is 4.86. The third kappa shape index (κ3) is 1.84. The van der Waals surface area contributed by atoms with Crippen molar-refractivity contribution in [1.82, 2.24) is 0 Å². The highest BCUT2D eigenvalue weighted by Crippen LogP contribution is 2.16. The van der Waals surface area contributed by atoms with E-state index in [0.717, 1.165) is 19.3 Å². The van der Waals surface area contributed by atoms with E-state index in [0.29, 0.717) is 12.2 Å². The number of rotatable bonds is 2. The number of ether oxygens (including phenoxy) is 1. The van der Waals surface area contributed by atoms with Gasteiger partial charge in [0.2, 0.25) is 0 Å². The normalized spacial score (nSPS) is 32.6. The maximum Gasteiger partial charge on any atom is 0.0757 e.